The van der Waals surface area contributed by atoms with Gasteiger partial charge in [-0.2, -0.15) is 0 Å². The topological polar surface area (TPSA) is 41.6 Å². The van der Waals surface area contributed by atoms with Crippen LogP contribution in [0.3, 0.4) is 0 Å². The number of fused-ring (bicyclic) bond motifs is 2. The smallest absolute Gasteiger partial charge is 0.410 e. The van der Waals surface area contributed by atoms with Crippen LogP contribution in [0.25, 0.3) is 0 Å². The van der Waals surface area contributed by atoms with Gasteiger partial charge in [0.1, 0.15) is 5.60 Å². The van der Waals surface area contributed by atoms with Crippen molar-refractivity contribution in [2.75, 3.05) is 13.6 Å². The van der Waals surface area contributed by atoms with Gasteiger partial charge < -0.3 is 15.0 Å². The molecule has 0 radical (unpaired) electrons. The molecule has 5 heteroatoms. The third-order valence-electron chi connectivity index (χ3n) is 4.09. The Hall–Kier alpha value is -0.480. The molecule has 92 valence electrons. The van der Waals surface area contributed by atoms with Gasteiger partial charge in [-0.15, -0.1) is 12.4 Å². The Morgan fingerprint density at radius 2 is 2.00 bits per heavy atom. The molecule has 3 fully saturated rings. The third kappa shape index (κ3) is 1.89. The highest BCUT2D eigenvalue weighted by molar-refractivity contribution is 5.85. The molecule has 2 unspecified atom stereocenters. The molecule has 3 rings (SSSR count). The van der Waals surface area contributed by atoms with E-state index >= 15 is 0 Å². The van der Waals surface area contributed by atoms with E-state index < -0.39 is 0 Å². The number of nitrogens with zero attached hydrogens (tertiary/aromatic N) is 1. The fourth-order valence-electron chi connectivity index (χ4n) is 3.27. The van der Waals surface area contributed by atoms with Gasteiger partial charge in [0.15, 0.2) is 0 Å². The number of hydrogen-bond acceptors (Lipinski definition) is 3. The predicted octanol–water partition coefficient (Wildman–Crippen LogP) is 1.53. The summed E-state index contributed by atoms with van der Waals surface area (Å²) in [6.45, 7) is 0.846. The van der Waals surface area contributed by atoms with Crippen LogP contribution in [0.4, 0.5) is 4.79 Å². The van der Waals surface area contributed by atoms with E-state index in [1.165, 1.54) is 12.8 Å². The maximum atomic E-state index is 11.6. The second-order valence-corrected chi connectivity index (χ2v) is 5.27. The van der Waals surface area contributed by atoms with Gasteiger partial charge >= 0.3 is 6.09 Å². The van der Waals surface area contributed by atoms with E-state index in [1.807, 2.05) is 7.05 Å². The van der Waals surface area contributed by atoms with E-state index in [0.29, 0.717) is 12.1 Å². The summed E-state index contributed by atoms with van der Waals surface area (Å²) >= 11 is 0. The molecule has 0 saturated carbocycles. The Bertz CT molecular complexity index is 286. The minimum atomic E-state index is -0.138. The summed E-state index contributed by atoms with van der Waals surface area (Å²) in [6.07, 6.45) is 5.40. The van der Waals surface area contributed by atoms with Gasteiger partial charge in [-0.25, -0.2) is 4.79 Å². The lowest BCUT2D eigenvalue weighted by Gasteiger charge is -2.45. The van der Waals surface area contributed by atoms with Gasteiger partial charge in [0.25, 0.3) is 0 Å². The summed E-state index contributed by atoms with van der Waals surface area (Å²) in [5.74, 6) is 0. The summed E-state index contributed by atoms with van der Waals surface area (Å²) in [4.78, 5) is 13.3. The van der Waals surface area contributed by atoms with Crippen LogP contribution in [0.1, 0.15) is 32.1 Å². The maximum absolute atomic E-state index is 11.6. The zero-order valence-corrected chi connectivity index (χ0v) is 10.4. The zero-order valence-electron chi connectivity index (χ0n) is 9.57. The predicted molar refractivity (Wildman–Crippen MR) is 62.9 cm³/mol. The van der Waals surface area contributed by atoms with Crippen molar-refractivity contribution in [1.29, 1.82) is 0 Å². The number of halogens is 1. The second-order valence-electron chi connectivity index (χ2n) is 5.27. The molecule has 0 aromatic heterocycles. The summed E-state index contributed by atoms with van der Waals surface area (Å²) in [6, 6.07) is 1.17. The van der Waals surface area contributed by atoms with E-state index in [0.717, 1.165) is 25.8 Å². The number of rotatable bonds is 0. The molecule has 3 aliphatic heterocycles. The van der Waals surface area contributed by atoms with Crippen LogP contribution < -0.4 is 5.32 Å². The van der Waals surface area contributed by atoms with Gasteiger partial charge in [0, 0.05) is 44.9 Å². The number of nitrogens with one attached hydrogen (secondary N) is 1. The van der Waals surface area contributed by atoms with Crippen LogP contribution in [0, 0.1) is 0 Å². The highest BCUT2D eigenvalue weighted by Crippen LogP contribution is 2.40. The molecule has 3 aliphatic rings. The van der Waals surface area contributed by atoms with Crippen molar-refractivity contribution in [3.05, 3.63) is 0 Å². The first-order valence-electron chi connectivity index (χ1n) is 5.87. The maximum Gasteiger partial charge on any atom is 0.410 e. The van der Waals surface area contributed by atoms with E-state index in [4.69, 9.17) is 4.74 Å². The number of piperidine rings is 1. The average Bonchev–Trinajstić information content (AvgIpc) is 2.54. The van der Waals surface area contributed by atoms with Crippen LogP contribution in [0.15, 0.2) is 0 Å². The monoisotopic (exact) mass is 246 g/mol. The van der Waals surface area contributed by atoms with Crippen LogP contribution in [-0.4, -0.2) is 42.3 Å². The van der Waals surface area contributed by atoms with Crippen LogP contribution in [0.2, 0.25) is 0 Å². The summed E-state index contributed by atoms with van der Waals surface area (Å²) in [5.41, 5.74) is -0.138. The molecule has 3 heterocycles. The lowest BCUT2D eigenvalue weighted by molar-refractivity contribution is -0.0699. The Balaban J connectivity index is 0.000000963. The molecule has 0 aromatic carbocycles. The summed E-state index contributed by atoms with van der Waals surface area (Å²) < 4.78 is 5.65. The molecule has 16 heavy (non-hydrogen) atoms. The first-order valence-corrected chi connectivity index (χ1v) is 5.87. The largest absolute Gasteiger partial charge is 0.443 e. The van der Waals surface area contributed by atoms with Crippen LogP contribution in [0.5, 0.6) is 0 Å². The molecule has 1 spiro atoms. The first kappa shape index (κ1) is 12.0. The van der Waals surface area contributed by atoms with Crippen molar-refractivity contribution in [3.8, 4) is 0 Å². The molecule has 2 atom stereocenters. The molecule has 1 N–H and O–H groups in total. The Morgan fingerprint density at radius 3 is 2.56 bits per heavy atom. The zero-order chi connectivity index (χ0) is 10.5. The van der Waals surface area contributed by atoms with Gasteiger partial charge in [0.05, 0.1) is 0 Å². The van der Waals surface area contributed by atoms with Gasteiger partial charge in [0.2, 0.25) is 0 Å². The van der Waals surface area contributed by atoms with Crippen molar-refractivity contribution in [1.82, 2.24) is 10.2 Å². The molecule has 2 bridgehead atoms. The number of amides is 1. The molecule has 0 aromatic rings. The molecule has 4 nitrogen and oxygen atoms in total. The minimum Gasteiger partial charge on any atom is -0.443 e. The molecular formula is C11H19ClN2O2. The number of carbonyl (C=O) groups excluding carboxylic acids is 1. The molecule has 0 aliphatic carbocycles. The standard InChI is InChI=1S/C11H18N2O2.ClH/c1-13-5-4-11(15-10(13)14)6-8-2-3-9(7-11)12-8;/h8-9,12H,2-7H2,1H3;1H. The van der Waals surface area contributed by atoms with E-state index in [9.17, 15) is 4.79 Å². The normalized spacial score (nSPS) is 41.8. The minimum absolute atomic E-state index is 0. The van der Waals surface area contributed by atoms with E-state index in [2.05, 4.69) is 5.32 Å². The summed E-state index contributed by atoms with van der Waals surface area (Å²) in [5, 5.41) is 3.58. The lowest BCUT2D eigenvalue weighted by Crippen LogP contribution is -2.56. The third-order valence-corrected chi connectivity index (χ3v) is 4.09. The van der Waals surface area contributed by atoms with E-state index in [1.54, 1.807) is 4.90 Å². The average molecular weight is 247 g/mol. The van der Waals surface area contributed by atoms with Crippen molar-refractivity contribution in [2.24, 2.45) is 0 Å². The first-order chi connectivity index (χ1) is 7.17. The van der Waals surface area contributed by atoms with Crippen LogP contribution in [-0.2, 0) is 4.74 Å². The quantitative estimate of drug-likeness (QED) is 0.705. The van der Waals surface area contributed by atoms with Crippen molar-refractivity contribution >= 4 is 18.5 Å². The Kier molecular flexibility index (Phi) is 3.05. The number of carbonyl (C=O) groups is 1. The van der Waals surface area contributed by atoms with Crippen LogP contribution >= 0.6 is 12.4 Å². The van der Waals surface area contributed by atoms with Crippen molar-refractivity contribution in [2.45, 2.75) is 49.8 Å². The highest BCUT2D eigenvalue weighted by Gasteiger charge is 2.48. The molecular weight excluding hydrogens is 228 g/mol. The second kappa shape index (κ2) is 4.08. The van der Waals surface area contributed by atoms with Gasteiger partial charge in [-0.05, 0) is 12.8 Å². The summed E-state index contributed by atoms with van der Waals surface area (Å²) in [7, 11) is 1.81. The lowest BCUT2D eigenvalue weighted by atomic mass is 9.83. The van der Waals surface area contributed by atoms with E-state index in [-0.39, 0.29) is 24.1 Å². The molecule has 1 amide bonds. The van der Waals surface area contributed by atoms with Crippen molar-refractivity contribution < 1.29 is 9.53 Å². The fraction of sp³-hybridized carbons (Fsp3) is 0.909. The fourth-order valence-corrected chi connectivity index (χ4v) is 3.27. The molecule has 3 saturated heterocycles. The van der Waals surface area contributed by atoms with Crippen molar-refractivity contribution in [3.63, 3.8) is 0 Å². The number of hydrogen-bond donors (Lipinski definition) is 1. The van der Waals surface area contributed by atoms with Gasteiger partial charge in [-0.3, -0.25) is 0 Å². The highest BCUT2D eigenvalue weighted by atomic mass is 35.5. The Labute approximate surface area is 102 Å². The number of ether oxygens (including phenoxy) is 1. The SMILES string of the molecule is CN1CCC2(CC3CCC(C2)N3)OC1=O.Cl. The Morgan fingerprint density at radius 1 is 1.38 bits per heavy atom. The van der Waals surface area contributed by atoms with Gasteiger partial charge in [-0.1, -0.05) is 0 Å².